The van der Waals surface area contributed by atoms with E-state index in [4.69, 9.17) is 11.1 Å². The average Bonchev–Trinajstić information content (AvgIpc) is 2.29. The molecule has 1 aromatic heterocycles. The number of benzene rings is 1. The van der Waals surface area contributed by atoms with Crippen molar-refractivity contribution in [2.75, 3.05) is 0 Å². The highest BCUT2D eigenvalue weighted by Gasteiger charge is 1.92. The Bertz CT molecular complexity index is 499. The number of aromatic nitrogens is 1. The summed E-state index contributed by atoms with van der Waals surface area (Å²) in [5.74, 6) is 0. The van der Waals surface area contributed by atoms with E-state index in [0.717, 1.165) is 11.2 Å². The van der Waals surface area contributed by atoms with Crippen molar-refractivity contribution in [3.8, 4) is 0 Å². The zero-order valence-electron chi connectivity index (χ0n) is 8.14. The summed E-state index contributed by atoms with van der Waals surface area (Å²) in [7, 11) is 0. The van der Waals surface area contributed by atoms with Gasteiger partial charge in [-0.25, -0.2) is 4.98 Å². The fraction of sp³-hybridized carbons (Fsp3) is 0. The minimum atomic E-state index is 0.925. The van der Waals surface area contributed by atoms with Gasteiger partial charge in [-0.15, -0.1) is 0 Å². The standard InChI is InChI=1S/C11H9N.H2N3/c1-2-10-8-7-9-5-3-4-6-11(9)12-10;1-3-2/h2-8H,1H2;1-2H/q;+1. The summed E-state index contributed by atoms with van der Waals surface area (Å²) in [6, 6.07) is 12.1. The molecule has 2 aromatic rings. The Morgan fingerprint density at radius 2 is 1.80 bits per heavy atom. The highest BCUT2D eigenvalue weighted by Crippen LogP contribution is 2.11. The van der Waals surface area contributed by atoms with Crippen LogP contribution < -0.4 is 4.91 Å². The molecule has 1 aromatic carbocycles. The van der Waals surface area contributed by atoms with Gasteiger partial charge in [0, 0.05) is 5.39 Å². The molecule has 0 aliphatic carbocycles. The molecule has 2 rings (SSSR count). The monoisotopic (exact) mass is 199 g/mol. The van der Waals surface area contributed by atoms with Crippen LogP contribution in [0.4, 0.5) is 0 Å². The molecule has 0 amide bonds. The van der Waals surface area contributed by atoms with Crippen molar-refractivity contribution in [3.05, 3.63) is 48.7 Å². The first kappa shape index (κ1) is 10.8. The second kappa shape index (κ2) is 5.42. The van der Waals surface area contributed by atoms with Crippen LogP contribution in [-0.2, 0) is 0 Å². The first-order valence-electron chi connectivity index (χ1n) is 4.33. The first-order valence-corrected chi connectivity index (χ1v) is 4.33. The number of para-hydroxylation sites is 1. The van der Waals surface area contributed by atoms with Crippen molar-refractivity contribution in [2.24, 2.45) is 0 Å². The maximum Gasteiger partial charge on any atom is 0.211 e. The molecule has 2 N–H and O–H groups in total. The van der Waals surface area contributed by atoms with Crippen LogP contribution in [0.3, 0.4) is 0 Å². The second-order valence-electron chi connectivity index (χ2n) is 2.74. The zero-order chi connectivity index (χ0) is 11.1. The van der Waals surface area contributed by atoms with E-state index >= 15 is 0 Å². The van der Waals surface area contributed by atoms with Crippen LogP contribution in [-0.4, -0.2) is 4.98 Å². The van der Waals surface area contributed by atoms with Gasteiger partial charge in [-0.1, -0.05) is 30.8 Å². The number of nitrogens with zero attached hydrogens (tertiary/aromatic N) is 2. The molecule has 0 radical (unpaired) electrons. The van der Waals surface area contributed by atoms with Gasteiger partial charge in [0.25, 0.3) is 0 Å². The molecular formula is C11H11N4+. The molecule has 0 aliphatic heterocycles. The van der Waals surface area contributed by atoms with Crippen LogP contribution in [0.25, 0.3) is 17.0 Å². The lowest BCUT2D eigenvalue weighted by molar-refractivity contribution is 0.928. The third-order valence-corrected chi connectivity index (χ3v) is 1.83. The molecule has 0 unspecified atom stereocenters. The van der Waals surface area contributed by atoms with Gasteiger partial charge in [-0.2, -0.15) is 0 Å². The molecule has 4 nitrogen and oxygen atoms in total. The fourth-order valence-corrected chi connectivity index (χ4v) is 1.20. The van der Waals surface area contributed by atoms with E-state index in [-0.39, 0.29) is 0 Å². The quantitative estimate of drug-likeness (QED) is 0.537. The summed E-state index contributed by atoms with van der Waals surface area (Å²) >= 11 is 0. The summed E-state index contributed by atoms with van der Waals surface area (Å²) in [6.07, 6.45) is 1.76. The number of pyridine rings is 1. The smallest absolute Gasteiger partial charge is 0.211 e. The molecule has 0 spiro atoms. The molecule has 0 bridgehead atoms. The minimum absolute atomic E-state index is 0.925. The van der Waals surface area contributed by atoms with Crippen LogP contribution in [0.2, 0.25) is 0 Å². The summed E-state index contributed by atoms with van der Waals surface area (Å²) < 4.78 is 0. The minimum Gasteiger partial charge on any atom is -0.248 e. The van der Waals surface area contributed by atoms with Crippen LogP contribution in [0, 0.1) is 11.1 Å². The molecule has 4 heteroatoms. The van der Waals surface area contributed by atoms with Crippen molar-refractivity contribution in [1.29, 1.82) is 11.1 Å². The van der Waals surface area contributed by atoms with Gasteiger partial charge >= 0.3 is 0 Å². The largest absolute Gasteiger partial charge is 0.248 e. The van der Waals surface area contributed by atoms with Crippen LogP contribution >= 0.6 is 0 Å². The summed E-state index contributed by atoms with van der Waals surface area (Å²) in [6.45, 7) is 3.68. The molecule has 0 saturated heterocycles. The lowest BCUT2D eigenvalue weighted by atomic mass is 10.2. The maximum atomic E-state index is 5.50. The van der Waals surface area contributed by atoms with Crippen molar-refractivity contribution in [2.45, 2.75) is 0 Å². The Balaban J connectivity index is 0.000000337. The molecule has 1 heterocycles. The summed E-state index contributed by atoms with van der Waals surface area (Å²) in [5, 5.41) is 1.17. The van der Waals surface area contributed by atoms with E-state index in [2.05, 4.69) is 23.7 Å². The van der Waals surface area contributed by atoms with E-state index in [1.807, 2.05) is 29.2 Å². The maximum absolute atomic E-state index is 5.50. The Kier molecular flexibility index (Phi) is 3.89. The highest BCUT2D eigenvalue weighted by atomic mass is 15.0. The Labute approximate surface area is 87.3 Å². The average molecular weight is 199 g/mol. The highest BCUT2D eigenvalue weighted by molar-refractivity contribution is 5.79. The molecule has 0 fully saturated rings. The lowest BCUT2D eigenvalue weighted by Gasteiger charge is -1.96. The van der Waals surface area contributed by atoms with E-state index in [9.17, 15) is 0 Å². The van der Waals surface area contributed by atoms with Gasteiger partial charge in [0.15, 0.2) is 0 Å². The van der Waals surface area contributed by atoms with Crippen molar-refractivity contribution >= 4 is 17.0 Å². The van der Waals surface area contributed by atoms with Gasteiger partial charge in [-0.05, 0) is 18.2 Å². The normalized spacial score (nSPS) is 8.53. The van der Waals surface area contributed by atoms with Crippen molar-refractivity contribution < 1.29 is 0 Å². The summed E-state index contributed by atoms with van der Waals surface area (Å²) in [4.78, 5) is 6.38. The fourth-order valence-electron chi connectivity index (χ4n) is 1.20. The Morgan fingerprint density at radius 3 is 2.47 bits per heavy atom. The predicted molar refractivity (Wildman–Crippen MR) is 59.4 cm³/mol. The summed E-state index contributed by atoms with van der Waals surface area (Å²) in [5.41, 5.74) is 12.9. The Hall–Kier alpha value is -2.32. The number of hydrogen-bond acceptors (Lipinski definition) is 3. The van der Waals surface area contributed by atoms with E-state index in [1.54, 1.807) is 6.08 Å². The molecule has 0 atom stereocenters. The molecule has 74 valence electrons. The molecule has 15 heavy (non-hydrogen) atoms. The van der Waals surface area contributed by atoms with Crippen LogP contribution in [0.15, 0.2) is 43.0 Å². The number of hydrogen-bond donors (Lipinski definition) is 2. The zero-order valence-corrected chi connectivity index (χ0v) is 8.14. The number of fused-ring (bicyclic) bond motifs is 1. The number of rotatable bonds is 1. The SMILES string of the molecule is C=Cc1ccc2ccccc2n1.N=[N+]=N. The van der Waals surface area contributed by atoms with Gasteiger partial charge in [-0.3, -0.25) is 0 Å². The second-order valence-corrected chi connectivity index (χ2v) is 2.74. The number of nitrogens with one attached hydrogen (secondary N) is 2. The lowest BCUT2D eigenvalue weighted by Crippen LogP contribution is -1.81. The van der Waals surface area contributed by atoms with Gasteiger partial charge < -0.3 is 0 Å². The topological polar surface area (TPSA) is 74.7 Å². The van der Waals surface area contributed by atoms with Gasteiger partial charge in [0.05, 0.1) is 11.2 Å². The van der Waals surface area contributed by atoms with E-state index in [1.165, 1.54) is 5.39 Å². The van der Waals surface area contributed by atoms with Crippen LogP contribution in [0.1, 0.15) is 5.69 Å². The predicted octanol–water partition coefficient (Wildman–Crippen LogP) is 2.99. The van der Waals surface area contributed by atoms with Crippen molar-refractivity contribution in [1.82, 2.24) is 9.90 Å². The van der Waals surface area contributed by atoms with Crippen LogP contribution in [0.5, 0.6) is 0 Å². The third kappa shape index (κ3) is 2.83. The van der Waals surface area contributed by atoms with E-state index in [0.29, 0.717) is 0 Å². The molecule has 0 saturated carbocycles. The van der Waals surface area contributed by atoms with Gasteiger partial charge in [0.1, 0.15) is 11.1 Å². The van der Waals surface area contributed by atoms with Gasteiger partial charge in [0.2, 0.25) is 4.91 Å². The van der Waals surface area contributed by atoms with Crippen molar-refractivity contribution in [3.63, 3.8) is 0 Å². The van der Waals surface area contributed by atoms with E-state index < -0.39 is 0 Å². The first-order chi connectivity index (χ1) is 7.31. The molecular weight excluding hydrogens is 188 g/mol. The Morgan fingerprint density at radius 1 is 1.13 bits per heavy atom. The third-order valence-electron chi connectivity index (χ3n) is 1.83. The molecule has 0 aliphatic rings.